The molecule has 1 aliphatic heterocycles. The molecule has 2 rings (SSSR count). The van der Waals surface area contributed by atoms with Crippen LogP contribution in [0.1, 0.15) is 36.5 Å². The third kappa shape index (κ3) is 4.37. The summed E-state index contributed by atoms with van der Waals surface area (Å²) in [5.41, 5.74) is 0.557. The van der Waals surface area contributed by atoms with Crippen LogP contribution in [0.5, 0.6) is 11.5 Å². The van der Waals surface area contributed by atoms with Gasteiger partial charge in [-0.25, -0.2) is 0 Å². The zero-order chi connectivity index (χ0) is 16.8. The molecule has 6 heteroatoms. The zero-order valence-corrected chi connectivity index (χ0v) is 13.6. The van der Waals surface area contributed by atoms with Crippen LogP contribution in [0.3, 0.4) is 0 Å². The van der Waals surface area contributed by atoms with Gasteiger partial charge in [-0.05, 0) is 43.9 Å². The van der Waals surface area contributed by atoms with E-state index >= 15 is 0 Å². The van der Waals surface area contributed by atoms with Gasteiger partial charge in [0.2, 0.25) is 0 Å². The zero-order valence-electron chi connectivity index (χ0n) is 13.6. The summed E-state index contributed by atoms with van der Waals surface area (Å²) in [6, 6.07) is 5.17. The number of benzene rings is 1. The lowest BCUT2D eigenvalue weighted by Gasteiger charge is -2.31. The molecule has 1 aliphatic rings. The Bertz CT molecular complexity index is 564. The smallest absolute Gasteiger partial charge is 0.303 e. The van der Waals surface area contributed by atoms with Crippen LogP contribution in [0.4, 0.5) is 0 Å². The number of likely N-dealkylation sites (tertiary alicyclic amines) is 1. The summed E-state index contributed by atoms with van der Waals surface area (Å²) in [4.78, 5) is 25.1. The summed E-state index contributed by atoms with van der Waals surface area (Å²) in [5, 5.41) is 8.84. The maximum atomic E-state index is 12.6. The Balaban J connectivity index is 2.02. The molecule has 1 aromatic rings. The fraction of sp³-hybridized carbons (Fsp3) is 0.529. The molecule has 0 atom stereocenters. The molecular formula is C17H23NO5. The highest BCUT2D eigenvalue weighted by Crippen LogP contribution is 2.29. The Morgan fingerprint density at radius 1 is 1.26 bits per heavy atom. The van der Waals surface area contributed by atoms with Crippen LogP contribution in [-0.4, -0.2) is 48.7 Å². The standard InChI is InChI=1S/C17H23NO5/c1-3-23-14-5-4-13(11-15(14)22-2)17(21)18-8-6-12(7-9-18)10-16(19)20/h4-5,11-12H,3,6-10H2,1-2H3,(H,19,20). The first-order chi connectivity index (χ1) is 11.0. The third-order valence-electron chi connectivity index (χ3n) is 4.08. The molecule has 0 radical (unpaired) electrons. The van der Waals surface area contributed by atoms with E-state index in [0.717, 1.165) is 12.8 Å². The Hall–Kier alpha value is -2.24. The number of nitrogens with zero attached hydrogens (tertiary/aromatic N) is 1. The van der Waals surface area contributed by atoms with Crippen molar-refractivity contribution in [1.29, 1.82) is 0 Å². The van der Waals surface area contributed by atoms with E-state index in [1.54, 1.807) is 30.2 Å². The summed E-state index contributed by atoms with van der Waals surface area (Å²) in [7, 11) is 1.55. The number of rotatable bonds is 6. The molecule has 1 heterocycles. The number of hydrogen-bond acceptors (Lipinski definition) is 4. The molecule has 1 N–H and O–H groups in total. The van der Waals surface area contributed by atoms with Crippen molar-refractivity contribution in [2.75, 3.05) is 26.8 Å². The average molecular weight is 321 g/mol. The van der Waals surface area contributed by atoms with Crippen molar-refractivity contribution in [2.24, 2.45) is 5.92 Å². The maximum Gasteiger partial charge on any atom is 0.303 e. The molecule has 0 saturated carbocycles. The number of amides is 1. The summed E-state index contributed by atoms with van der Waals surface area (Å²) in [6.07, 6.45) is 1.64. The van der Waals surface area contributed by atoms with E-state index in [2.05, 4.69) is 0 Å². The number of carbonyl (C=O) groups is 2. The largest absolute Gasteiger partial charge is 0.493 e. The van der Waals surface area contributed by atoms with Gasteiger partial charge in [0.1, 0.15) is 0 Å². The molecule has 23 heavy (non-hydrogen) atoms. The first-order valence-electron chi connectivity index (χ1n) is 7.87. The fourth-order valence-corrected chi connectivity index (χ4v) is 2.85. The normalized spacial score (nSPS) is 15.3. The second-order valence-corrected chi connectivity index (χ2v) is 5.63. The summed E-state index contributed by atoms with van der Waals surface area (Å²) in [6.45, 7) is 3.60. The number of carboxylic acid groups (broad SMARTS) is 1. The lowest BCUT2D eigenvalue weighted by molar-refractivity contribution is -0.138. The van der Waals surface area contributed by atoms with Crippen LogP contribution in [0.25, 0.3) is 0 Å². The van der Waals surface area contributed by atoms with Crippen molar-refractivity contribution in [3.05, 3.63) is 23.8 Å². The fourth-order valence-electron chi connectivity index (χ4n) is 2.85. The van der Waals surface area contributed by atoms with Crippen molar-refractivity contribution >= 4 is 11.9 Å². The summed E-state index contributed by atoms with van der Waals surface area (Å²) < 4.78 is 10.7. The van der Waals surface area contributed by atoms with Gasteiger partial charge in [-0.15, -0.1) is 0 Å². The Morgan fingerprint density at radius 3 is 2.52 bits per heavy atom. The van der Waals surface area contributed by atoms with Crippen molar-refractivity contribution in [3.63, 3.8) is 0 Å². The number of carboxylic acids is 1. The predicted octanol–water partition coefficient (Wildman–Crippen LogP) is 2.42. The lowest BCUT2D eigenvalue weighted by atomic mass is 9.93. The molecule has 1 saturated heterocycles. The second kappa shape index (κ2) is 7.85. The highest BCUT2D eigenvalue weighted by Gasteiger charge is 2.25. The van der Waals surface area contributed by atoms with Crippen molar-refractivity contribution < 1.29 is 24.2 Å². The first-order valence-corrected chi connectivity index (χ1v) is 7.87. The van der Waals surface area contributed by atoms with Gasteiger partial charge in [0.05, 0.1) is 13.7 Å². The van der Waals surface area contributed by atoms with Crippen molar-refractivity contribution in [3.8, 4) is 11.5 Å². The van der Waals surface area contributed by atoms with Crippen LogP contribution >= 0.6 is 0 Å². The topological polar surface area (TPSA) is 76.1 Å². The predicted molar refractivity (Wildman–Crippen MR) is 85.0 cm³/mol. The van der Waals surface area contributed by atoms with E-state index in [1.165, 1.54) is 0 Å². The maximum absolute atomic E-state index is 12.6. The van der Waals surface area contributed by atoms with E-state index in [-0.39, 0.29) is 18.2 Å². The number of carbonyl (C=O) groups excluding carboxylic acids is 1. The minimum Gasteiger partial charge on any atom is -0.493 e. The molecule has 0 bridgehead atoms. The highest BCUT2D eigenvalue weighted by atomic mass is 16.5. The van der Waals surface area contributed by atoms with Crippen molar-refractivity contribution in [1.82, 2.24) is 4.90 Å². The van der Waals surface area contributed by atoms with Gasteiger partial charge in [0.25, 0.3) is 5.91 Å². The lowest BCUT2D eigenvalue weighted by Crippen LogP contribution is -2.38. The van der Waals surface area contributed by atoms with Gasteiger partial charge in [-0.2, -0.15) is 0 Å². The van der Waals surface area contributed by atoms with Gasteiger partial charge in [0.15, 0.2) is 11.5 Å². The van der Waals surface area contributed by atoms with E-state index < -0.39 is 5.97 Å². The molecule has 0 unspecified atom stereocenters. The highest BCUT2D eigenvalue weighted by molar-refractivity contribution is 5.95. The van der Waals surface area contributed by atoms with Gasteiger partial charge < -0.3 is 19.5 Å². The van der Waals surface area contributed by atoms with Gasteiger partial charge in [-0.3, -0.25) is 9.59 Å². The van der Waals surface area contributed by atoms with Crippen LogP contribution in [0.15, 0.2) is 18.2 Å². The molecule has 1 amide bonds. The quantitative estimate of drug-likeness (QED) is 0.871. The molecule has 0 aromatic heterocycles. The van der Waals surface area contributed by atoms with E-state index in [4.69, 9.17) is 14.6 Å². The summed E-state index contributed by atoms with van der Waals surface area (Å²) >= 11 is 0. The molecule has 1 aromatic carbocycles. The van der Waals surface area contributed by atoms with Gasteiger partial charge in [-0.1, -0.05) is 0 Å². The van der Waals surface area contributed by atoms with E-state index in [9.17, 15) is 9.59 Å². The Labute approximate surface area is 136 Å². The second-order valence-electron chi connectivity index (χ2n) is 5.63. The molecule has 0 aliphatic carbocycles. The minimum absolute atomic E-state index is 0.0554. The monoisotopic (exact) mass is 321 g/mol. The molecule has 126 valence electrons. The number of ether oxygens (including phenoxy) is 2. The number of hydrogen-bond donors (Lipinski definition) is 1. The number of methoxy groups -OCH3 is 1. The Kier molecular flexibility index (Phi) is 5.84. The third-order valence-corrected chi connectivity index (χ3v) is 4.08. The average Bonchev–Trinajstić information content (AvgIpc) is 2.55. The van der Waals surface area contributed by atoms with E-state index in [1.807, 2.05) is 6.92 Å². The molecule has 0 spiro atoms. The van der Waals surface area contributed by atoms with Gasteiger partial charge >= 0.3 is 5.97 Å². The van der Waals surface area contributed by atoms with Crippen molar-refractivity contribution in [2.45, 2.75) is 26.2 Å². The summed E-state index contributed by atoms with van der Waals surface area (Å²) in [5.74, 6) is 0.489. The van der Waals surface area contributed by atoms with Crippen LogP contribution in [0.2, 0.25) is 0 Å². The van der Waals surface area contributed by atoms with Crippen LogP contribution < -0.4 is 9.47 Å². The molecular weight excluding hydrogens is 298 g/mol. The number of piperidine rings is 1. The molecule has 6 nitrogen and oxygen atoms in total. The number of aliphatic carboxylic acids is 1. The SMILES string of the molecule is CCOc1ccc(C(=O)N2CCC(CC(=O)O)CC2)cc1OC. The minimum atomic E-state index is -0.772. The van der Waals surface area contributed by atoms with E-state index in [0.29, 0.717) is 36.8 Å². The first kappa shape index (κ1) is 17.1. The molecule has 1 fully saturated rings. The van der Waals surface area contributed by atoms with Crippen LogP contribution in [0, 0.1) is 5.92 Å². The van der Waals surface area contributed by atoms with Crippen LogP contribution in [-0.2, 0) is 4.79 Å². The Morgan fingerprint density at radius 2 is 1.96 bits per heavy atom. The van der Waals surface area contributed by atoms with Gasteiger partial charge in [0, 0.05) is 25.1 Å².